The predicted octanol–water partition coefficient (Wildman–Crippen LogP) is 2.84. The van der Waals surface area contributed by atoms with E-state index in [1.54, 1.807) is 18.0 Å². The molecule has 0 saturated carbocycles. The molecule has 0 aromatic carbocycles. The van der Waals surface area contributed by atoms with Crippen molar-refractivity contribution in [2.75, 3.05) is 6.26 Å². The molecule has 2 nitrogen and oxygen atoms in total. The molecule has 0 saturated heterocycles. The second-order valence-corrected chi connectivity index (χ2v) is 3.69. The number of nitrogens with zero attached hydrogens (tertiary/aromatic N) is 2. The molecule has 0 fully saturated rings. The van der Waals surface area contributed by atoms with Crippen LogP contribution < -0.4 is 0 Å². The van der Waals surface area contributed by atoms with Gasteiger partial charge in [-0.1, -0.05) is 23.4 Å². The molecule has 1 aromatic heterocycles. The first-order chi connectivity index (χ1) is 5.16. The number of aromatic nitrogens is 2. The normalized spacial score (nSPS) is 11.0. The van der Waals surface area contributed by atoms with Crippen molar-refractivity contribution in [1.82, 2.24) is 9.55 Å². The van der Waals surface area contributed by atoms with E-state index in [2.05, 4.69) is 18.8 Å². The summed E-state index contributed by atoms with van der Waals surface area (Å²) in [4.78, 5) is 4.15. The van der Waals surface area contributed by atoms with Crippen LogP contribution >= 0.6 is 23.4 Å². The molecule has 0 unspecified atom stereocenters. The van der Waals surface area contributed by atoms with E-state index in [1.807, 2.05) is 10.8 Å². The van der Waals surface area contributed by atoms with Gasteiger partial charge in [-0.3, -0.25) is 0 Å². The highest BCUT2D eigenvalue weighted by Crippen LogP contribution is 2.23. The molecule has 1 heterocycles. The van der Waals surface area contributed by atoms with Crippen LogP contribution in [0.3, 0.4) is 0 Å². The van der Waals surface area contributed by atoms with Crippen LogP contribution in [0.25, 0.3) is 0 Å². The molecule has 0 aliphatic carbocycles. The second kappa shape index (κ2) is 3.50. The minimum absolute atomic E-state index is 0.382. The summed E-state index contributed by atoms with van der Waals surface area (Å²) < 4.78 is 2.01. The number of rotatable bonds is 2. The maximum atomic E-state index is 5.91. The van der Waals surface area contributed by atoms with Crippen molar-refractivity contribution in [3.05, 3.63) is 11.3 Å². The van der Waals surface area contributed by atoms with Gasteiger partial charge < -0.3 is 4.57 Å². The molecule has 0 aliphatic heterocycles. The molecule has 0 amide bonds. The molecule has 4 heteroatoms. The highest BCUT2D eigenvalue weighted by molar-refractivity contribution is 7.98. The van der Waals surface area contributed by atoms with Gasteiger partial charge in [-0.2, -0.15) is 0 Å². The summed E-state index contributed by atoms with van der Waals surface area (Å²) in [6, 6.07) is 0.382. The third-order valence-electron chi connectivity index (χ3n) is 1.42. The molecule has 0 radical (unpaired) electrons. The van der Waals surface area contributed by atoms with Crippen LogP contribution in [-0.4, -0.2) is 15.8 Å². The van der Waals surface area contributed by atoms with Gasteiger partial charge in [0.05, 0.1) is 6.20 Å². The van der Waals surface area contributed by atoms with E-state index in [-0.39, 0.29) is 0 Å². The van der Waals surface area contributed by atoms with Gasteiger partial charge in [-0.15, -0.1) is 0 Å². The molecule has 1 rings (SSSR count). The maximum Gasteiger partial charge on any atom is 0.169 e. The topological polar surface area (TPSA) is 17.8 Å². The Labute approximate surface area is 76.0 Å². The van der Waals surface area contributed by atoms with Crippen molar-refractivity contribution in [2.24, 2.45) is 0 Å². The average Bonchev–Trinajstić information content (AvgIpc) is 2.30. The Morgan fingerprint density at radius 3 is 2.64 bits per heavy atom. The molecule has 11 heavy (non-hydrogen) atoms. The SMILES string of the molecule is CSc1ncc(Cl)n1C(C)C. The van der Waals surface area contributed by atoms with Crippen molar-refractivity contribution < 1.29 is 0 Å². The van der Waals surface area contributed by atoms with Gasteiger partial charge in [0, 0.05) is 6.04 Å². The fourth-order valence-electron chi connectivity index (χ4n) is 0.943. The Morgan fingerprint density at radius 2 is 2.27 bits per heavy atom. The summed E-state index contributed by atoms with van der Waals surface area (Å²) in [6.07, 6.45) is 3.69. The zero-order chi connectivity index (χ0) is 8.43. The van der Waals surface area contributed by atoms with Crippen molar-refractivity contribution in [1.29, 1.82) is 0 Å². The fraction of sp³-hybridized carbons (Fsp3) is 0.571. The lowest BCUT2D eigenvalue weighted by Crippen LogP contribution is -2.01. The first-order valence-electron chi connectivity index (χ1n) is 3.43. The van der Waals surface area contributed by atoms with Gasteiger partial charge in [0.25, 0.3) is 0 Å². The Kier molecular flexibility index (Phi) is 2.84. The van der Waals surface area contributed by atoms with Gasteiger partial charge in [0.2, 0.25) is 0 Å². The summed E-state index contributed by atoms with van der Waals surface area (Å²) in [5.41, 5.74) is 0. The number of thioether (sulfide) groups is 1. The van der Waals surface area contributed by atoms with Gasteiger partial charge in [0.15, 0.2) is 5.16 Å². The second-order valence-electron chi connectivity index (χ2n) is 2.53. The van der Waals surface area contributed by atoms with Crippen LogP contribution in [0, 0.1) is 0 Å². The standard InChI is InChI=1S/C7H11ClN2S/c1-5(2)10-6(8)4-9-7(10)11-3/h4-5H,1-3H3. The molecule has 0 N–H and O–H groups in total. The Balaban J connectivity index is 3.07. The highest BCUT2D eigenvalue weighted by atomic mass is 35.5. The summed E-state index contributed by atoms with van der Waals surface area (Å²) in [6.45, 7) is 4.18. The van der Waals surface area contributed by atoms with Crippen molar-refractivity contribution in [3.63, 3.8) is 0 Å². The van der Waals surface area contributed by atoms with Gasteiger partial charge >= 0.3 is 0 Å². The maximum absolute atomic E-state index is 5.91. The molecule has 0 atom stereocenters. The van der Waals surface area contributed by atoms with E-state index in [0.717, 1.165) is 5.16 Å². The molecule has 0 bridgehead atoms. The zero-order valence-electron chi connectivity index (χ0n) is 6.84. The lowest BCUT2D eigenvalue weighted by atomic mass is 10.4. The summed E-state index contributed by atoms with van der Waals surface area (Å²) >= 11 is 7.52. The largest absolute Gasteiger partial charge is 0.308 e. The van der Waals surface area contributed by atoms with Crippen LogP contribution in [0.2, 0.25) is 5.15 Å². The number of hydrogen-bond donors (Lipinski definition) is 0. The third kappa shape index (κ3) is 1.71. The lowest BCUT2D eigenvalue weighted by Gasteiger charge is -2.10. The molecule has 62 valence electrons. The minimum Gasteiger partial charge on any atom is -0.308 e. The number of hydrogen-bond acceptors (Lipinski definition) is 2. The van der Waals surface area contributed by atoms with E-state index < -0.39 is 0 Å². The van der Waals surface area contributed by atoms with E-state index in [0.29, 0.717) is 11.2 Å². The Hall–Kier alpha value is -0.150. The van der Waals surface area contributed by atoms with Crippen molar-refractivity contribution in [3.8, 4) is 0 Å². The van der Waals surface area contributed by atoms with Crippen LogP contribution in [0.15, 0.2) is 11.4 Å². The van der Waals surface area contributed by atoms with E-state index in [1.165, 1.54) is 0 Å². The third-order valence-corrected chi connectivity index (χ3v) is 2.36. The average molecular weight is 191 g/mol. The first kappa shape index (κ1) is 8.94. The smallest absolute Gasteiger partial charge is 0.169 e. The Morgan fingerprint density at radius 1 is 1.64 bits per heavy atom. The van der Waals surface area contributed by atoms with Crippen LogP contribution in [-0.2, 0) is 0 Å². The number of halogens is 1. The summed E-state index contributed by atoms with van der Waals surface area (Å²) in [5, 5.41) is 1.69. The highest BCUT2D eigenvalue weighted by Gasteiger charge is 2.09. The van der Waals surface area contributed by atoms with Gasteiger partial charge in [-0.25, -0.2) is 4.98 Å². The fourth-order valence-corrected chi connectivity index (χ4v) is 1.98. The van der Waals surface area contributed by atoms with E-state index >= 15 is 0 Å². The zero-order valence-corrected chi connectivity index (χ0v) is 8.41. The van der Waals surface area contributed by atoms with Crippen molar-refractivity contribution in [2.45, 2.75) is 25.0 Å². The van der Waals surface area contributed by atoms with Crippen molar-refractivity contribution >= 4 is 23.4 Å². The molecule has 0 aliphatic rings. The van der Waals surface area contributed by atoms with Gasteiger partial charge in [0.1, 0.15) is 5.15 Å². The molecular weight excluding hydrogens is 180 g/mol. The van der Waals surface area contributed by atoms with Crippen LogP contribution in [0.1, 0.15) is 19.9 Å². The molecule has 1 aromatic rings. The quantitative estimate of drug-likeness (QED) is 0.668. The van der Waals surface area contributed by atoms with E-state index in [4.69, 9.17) is 11.6 Å². The lowest BCUT2D eigenvalue weighted by molar-refractivity contribution is 0.551. The van der Waals surface area contributed by atoms with Crippen LogP contribution in [0.5, 0.6) is 0 Å². The summed E-state index contributed by atoms with van der Waals surface area (Å²) in [5.74, 6) is 0. The first-order valence-corrected chi connectivity index (χ1v) is 5.03. The number of imidazole rings is 1. The Bertz CT molecular complexity index is 245. The predicted molar refractivity (Wildman–Crippen MR) is 49.4 cm³/mol. The van der Waals surface area contributed by atoms with E-state index in [9.17, 15) is 0 Å². The van der Waals surface area contributed by atoms with Gasteiger partial charge in [-0.05, 0) is 20.1 Å². The molecule has 0 spiro atoms. The molecular formula is C7H11ClN2S. The summed E-state index contributed by atoms with van der Waals surface area (Å²) in [7, 11) is 0. The minimum atomic E-state index is 0.382. The van der Waals surface area contributed by atoms with Crippen LogP contribution in [0.4, 0.5) is 0 Å². The monoisotopic (exact) mass is 190 g/mol.